The second-order valence-electron chi connectivity index (χ2n) is 5.02. The van der Waals surface area contributed by atoms with E-state index in [1.807, 2.05) is 11.9 Å². The average molecular weight is 291 g/mol. The van der Waals surface area contributed by atoms with Gasteiger partial charge in [0.2, 0.25) is 5.82 Å². The van der Waals surface area contributed by atoms with Crippen LogP contribution in [0.1, 0.15) is 24.7 Å². The number of benzene rings is 1. The van der Waals surface area contributed by atoms with Gasteiger partial charge in [-0.3, -0.25) is 10.1 Å². The Morgan fingerprint density at radius 2 is 2.29 bits per heavy atom. The summed E-state index contributed by atoms with van der Waals surface area (Å²) in [7, 11) is 1.83. The number of hydrogen-bond donors (Lipinski definition) is 0. The highest BCUT2D eigenvalue weighted by atomic mass is 19.1. The Balaban J connectivity index is 2.06. The van der Waals surface area contributed by atoms with E-state index in [0.717, 1.165) is 24.7 Å². The van der Waals surface area contributed by atoms with Crippen molar-refractivity contribution < 1.29 is 9.31 Å². The highest BCUT2D eigenvalue weighted by Gasteiger charge is 2.34. The van der Waals surface area contributed by atoms with E-state index in [9.17, 15) is 14.5 Å². The molecule has 0 bridgehead atoms. The van der Waals surface area contributed by atoms with E-state index in [1.54, 1.807) is 17.0 Å². The molecule has 0 N–H and O–H groups in total. The van der Waals surface area contributed by atoms with Crippen LogP contribution in [0.5, 0.6) is 0 Å². The zero-order valence-corrected chi connectivity index (χ0v) is 11.4. The van der Waals surface area contributed by atoms with E-state index in [-0.39, 0.29) is 6.04 Å². The summed E-state index contributed by atoms with van der Waals surface area (Å²) < 4.78 is 15.6. The van der Waals surface area contributed by atoms with Gasteiger partial charge in [-0.1, -0.05) is 6.07 Å². The van der Waals surface area contributed by atoms with Crippen LogP contribution in [0, 0.1) is 15.9 Å². The first-order chi connectivity index (χ1) is 10.1. The predicted molar refractivity (Wildman–Crippen MR) is 73.4 cm³/mol. The maximum absolute atomic E-state index is 13.8. The summed E-state index contributed by atoms with van der Waals surface area (Å²) in [6, 6.07) is 4.05. The number of para-hydroxylation sites is 1. The summed E-state index contributed by atoms with van der Waals surface area (Å²) >= 11 is 0. The van der Waals surface area contributed by atoms with Crippen molar-refractivity contribution in [1.29, 1.82) is 0 Å². The maximum Gasteiger partial charge on any atom is 0.327 e. The first-order valence-corrected chi connectivity index (χ1v) is 6.63. The van der Waals surface area contributed by atoms with Crippen LogP contribution < -0.4 is 4.90 Å². The fraction of sp³-hybridized carbons (Fsp3) is 0.385. The Bertz CT molecular complexity index is 687. The highest BCUT2D eigenvalue weighted by Crippen LogP contribution is 2.40. The van der Waals surface area contributed by atoms with Crippen LogP contribution in [-0.4, -0.2) is 26.2 Å². The molecule has 1 saturated heterocycles. The Morgan fingerprint density at radius 3 is 2.95 bits per heavy atom. The smallest absolute Gasteiger partial charge is 0.327 e. The molecule has 3 rings (SSSR count). The summed E-state index contributed by atoms with van der Waals surface area (Å²) in [5, 5.41) is 19.1. The molecule has 1 atom stereocenters. The van der Waals surface area contributed by atoms with Crippen molar-refractivity contribution in [3.05, 3.63) is 46.3 Å². The minimum absolute atomic E-state index is 0.127. The van der Waals surface area contributed by atoms with Crippen molar-refractivity contribution in [3.8, 4) is 0 Å². The number of hydrogen-bond acceptors (Lipinski definition) is 5. The molecule has 1 aromatic carbocycles. The van der Waals surface area contributed by atoms with Gasteiger partial charge in [0.15, 0.2) is 5.82 Å². The number of rotatable bonds is 3. The molecule has 0 spiro atoms. The molecular weight excluding hydrogens is 277 g/mol. The number of aromatic nitrogens is 3. The lowest BCUT2D eigenvalue weighted by molar-refractivity contribution is -0.386. The van der Waals surface area contributed by atoms with Crippen LogP contribution >= 0.6 is 0 Å². The molecule has 110 valence electrons. The summed E-state index contributed by atoms with van der Waals surface area (Å²) in [4.78, 5) is 12.3. The van der Waals surface area contributed by atoms with Crippen molar-refractivity contribution in [2.75, 3.05) is 11.4 Å². The lowest BCUT2D eigenvalue weighted by Gasteiger charge is -2.25. The standard InChI is InChI=1S/C13H14FN5O2/c1-17-8-15-16-13(17)11-6-3-7-18(11)10-5-2-4-9(14)12(10)19(20)21/h2,4-5,8,11H,3,6-7H2,1H3/t11-/m0/s1. The van der Waals surface area contributed by atoms with Gasteiger partial charge in [-0.15, -0.1) is 10.2 Å². The van der Waals surface area contributed by atoms with Crippen LogP contribution in [-0.2, 0) is 7.05 Å². The van der Waals surface area contributed by atoms with Crippen molar-refractivity contribution in [2.24, 2.45) is 7.05 Å². The van der Waals surface area contributed by atoms with E-state index in [0.29, 0.717) is 12.2 Å². The maximum atomic E-state index is 13.8. The SMILES string of the molecule is Cn1cnnc1[C@@H]1CCCN1c1cccc(F)c1[N+](=O)[O-]. The van der Waals surface area contributed by atoms with Gasteiger partial charge in [0.05, 0.1) is 11.0 Å². The van der Waals surface area contributed by atoms with E-state index >= 15 is 0 Å². The minimum Gasteiger partial charge on any atom is -0.356 e. The molecule has 0 saturated carbocycles. The largest absolute Gasteiger partial charge is 0.356 e. The third-order valence-electron chi connectivity index (χ3n) is 3.75. The van der Waals surface area contributed by atoms with Crippen LogP contribution in [0.2, 0.25) is 0 Å². The van der Waals surface area contributed by atoms with Crippen LogP contribution in [0.3, 0.4) is 0 Å². The molecule has 1 fully saturated rings. The van der Waals surface area contributed by atoms with Crippen LogP contribution in [0.4, 0.5) is 15.8 Å². The summed E-state index contributed by atoms with van der Waals surface area (Å²) in [6.07, 6.45) is 3.26. The third-order valence-corrected chi connectivity index (χ3v) is 3.75. The second-order valence-corrected chi connectivity index (χ2v) is 5.02. The lowest BCUT2D eigenvalue weighted by atomic mass is 10.1. The van der Waals surface area contributed by atoms with Crippen molar-refractivity contribution >= 4 is 11.4 Å². The van der Waals surface area contributed by atoms with Crippen molar-refractivity contribution in [3.63, 3.8) is 0 Å². The van der Waals surface area contributed by atoms with E-state index < -0.39 is 16.4 Å². The number of anilines is 1. The second kappa shape index (κ2) is 5.12. The van der Waals surface area contributed by atoms with E-state index in [4.69, 9.17) is 0 Å². The number of nitro benzene ring substituents is 1. The fourth-order valence-corrected chi connectivity index (χ4v) is 2.83. The zero-order valence-electron chi connectivity index (χ0n) is 11.4. The average Bonchev–Trinajstić information content (AvgIpc) is 3.05. The molecule has 21 heavy (non-hydrogen) atoms. The van der Waals surface area contributed by atoms with Crippen LogP contribution in [0.25, 0.3) is 0 Å². The Hall–Kier alpha value is -2.51. The summed E-state index contributed by atoms with van der Waals surface area (Å²) in [5.41, 5.74) is -0.183. The molecule has 0 amide bonds. The first-order valence-electron chi connectivity index (χ1n) is 6.63. The summed E-state index contributed by atoms with van der Waals surface area (Å²) in [6.45, 7) is 0.627. The molecule has 1 aromatic heterocycles. The Labute approximate surface area is 120 Å². The molecule has 2 aromatic rings. The normalized spacial score (nSPS) is 18.2. The van der Waals surface area contributed by atoms with E-state index in [1.165, 1.54) is 6.07 Å². The van der Waals surface area contributed by atoms with Crippen molar-refractivity contribution in [2.45, 2.75) is 18.9 Å². The van der Waals surface area contributed by atoms with Gasteiger partial charge >= 0.3 is 5.69 Å². The topological polar surface area (TPSA) is 77.1 Å². The number of halogens is 1. The molecule has 7 nitrogen and oxygen atoms in total. The molecule has 2 heterocycles. The molecule has 1 aliphatic heterocycles. The van der Waals surface area contributed by atoms with Gasteiger partial charge in [-0.25, -0.2) is 0 Å². The van der Waals surface area contributed by atoms with Gasteiger partial charge in [0, 0.05) is 13.6 Å². The predicted octanol–water partition coefficient (Wildman–Crippen LogP) is 2.20. The first kappa shape index (κ1) is 13.5. The molecule has 0 aliphatic carbocycles. The highest BCUT2D eigenvalue weighted by molar-refractivity contribution is 5.65. The molecular formula is C13H14FN5O2. The Kier molecular flexibility index (Phi) is 3.28. The quantitative estimate of drug-likeness (QED) is 0.640. The van der Waals surface area contributed by atoms with Gasteiger partial charge in [-0.2, -0.15) is 4.39 Å². The van der Waals surface area contributed by atoms with Gasteiger partial charge in [0.25, 0.3) is 0 Å². The van der Waals surface area contributed by atoms with Crippen LogP contribution in [0.15, 0.2) is 24.5 Å². The minimum atomic E-state index is -0.818. The monoisotopic (exact) mass is 291 g/mol. The third kappa shape index (κ3) is 2.22. The van der Waals surface area contributed by atoms with Crippen molar-refractivity contribution in [1.82, 2.24) is 14.8 Å². The number of nitro groups is 1. The molecule has 8 heteroatoms. The molecule has 1 aliphatic rings. The fourth-order valence-electron chi connectivity index (χ4n) is 2.83. The molecule has 0 unspecified atom stereocenters. The zero-order chi connectivity index (χ0) is 15.0. The molecule has 0 radical (unpaired) electrons. The Morgan fingerprint density at radius 1 is 1.48 bits per heavy atom. The van der Waals surface area contributed by atoms with Gasteiger partial charge in [0.1, 0.15) is 12.0 Å². The summed E-state index contributed by atoms with van der Waals surface area (Å²) in [5.74, 6) is -0.0906. The number of aryl methyl sites for hydroxylation is 1. The van der Waals surface area contributed by atoms with Gasteiger partial charge < -0.3 is 9.47 Å². The van der Waals surface area contributed by atoms with E-state index in [2.05, 4.69) is 10.2 Å². The van der Waals surface area contributed by atoms with Gasteiger partial charge in [-0.05, 0) is 25.0 Å². The number of nitrogens with zero attached hydrogens (tertiary/aromatic N) is 5. The lowest BCUT2D eigenvalue weighted by Crippen LogP contribution is -2.25.